The zero-order valence-corrected chi connectivity index (χ0v) is 23.6. The highest BCUT2D eigenvalue weighted by atomic mass is 16.5. The van der Waals surface area contributed by atoms with E-state index in [1.165, 1.54) is 27.5 Å². The predicted molar refractivity (Wildman–Crippen MR) is 177 cm³/mol. The number of hydrogen-bond donors (Lipinski definition) is 0. The summed E-state index contributed by atoms with van der Waals surface area (Å²) in [5, 5.41) is 4.78. The van der Waals surface area contributed by atoms with E-state index in [1.54, 1.807) is 0 Å². The normalized spacial score (nSPS) is 17.2. The summed E-state index contributed by atoms with van der Waals surface area (Å²) in [5.41, 5.74) is 8.81. The first-order valence-corrected chi connectivity index (χ1v) is 15.1. The van der Waals surface area contributed by atoms with Gasteiger partial charge < -0.3 is 14.1 Å². The molecule has 2 aliphatic rings. The molecule has 1 aromatic heterocycles. The van der Waals surface area contributed by atoms with E-state index in [2.05, 4.69) is 132 Å². The van der Waals surface area contributed by atoms with E-state index in [9.17, 15) is 0 Å². The highest BCUT2D eigenvalue weighted by Crippen LogP contribution is 2.48. The lowest BCUT2D eigenvalue weighted by Gasteiger charge is -2.26. The van der Waals surface area contributed by atoms with Gasteiger partial charge in [0.1, 0.15) is 23.0 Å². The topological polar surface area (TPSA) is 25.6 Å². The van der Waals surface area contributed by atoms with Gasteiger partial charge in [-0.25, -0.2) is 0 Å². The Balaban J connectivity index is 1.22. The second-order valence-electron chi connectivity index (χ2n) is 11.6. The standard InChI is InChI=1S/C40H29NO2/c1-2-8-26(9-3-1)27-14-18-29(19-15-27)41(31-21-22-33-32-10-4-6-12-36(32)43-39(33)25-31)30-20-16-28-17-23-38-40(35(28)24-30)34-11-5-7-13-37(34)42-38/h1-4,6-10,12-25,34,37H,5,11H2. The smallest absolute Gasteiger partial charge is 0.137 e. The summed E-state index contributed by atoms with van der Waals surface area (Å²) in [6, 6.07) is 45.4. The first kappa shape index (κ1) is 24.3. The molecule has 2 heterocycles. The third kappa shape index (κ3) is 3.96. The molecule has 2 atom stereocenters. The van der Waals surface area contributed by atoms with E-state index in [0.29, 0.717) is 5.92 Å². The molecule has 0 bridgehead atoms. The van der Waals surface area contributed by atoms with Gasteiger partial charge in [0.2, 0.25) is 0 Å². The maximum Gasteiger partial charge on any atom is 0.137 e. The van der Waals surface area contributed by atoms with E-state index < -0.39 is 0 Å². The summed E-state index contributed by atoms with van der Waals surface area (Å²) in [5.74, 6) is 1.41. The number of benzene rings is 6. The van der Waals surface area contributed by atoms with Gasteiger partial charge in [-0.1, -0.05) is 78.9 Å². The number of fused-ring (bicyclic) bond motifs is 8. The first-order chi connectivity index (χ1) is 21.3. The maximum atomic E-state index is 6.41. The molecule has 7 aromatic rings. The maximum absolute atomic E-state index is 6.41. The van der Waals surface area contributed by atoms with Crippen LogP contribution in [0.25, 0.3) is 43.8 Å². The largest absolute Gasteiger partial charge is 0.485 e. The zero-order chi connectivity index (χ0) is 28.3. The number of rotatable bonds is 4. The highest BCUT2D eigenvalue weighted by Gasteiger charge is 2.35. The van der Waals surface area contributed by atoms with Crippen LogP contribution in [-0.4, -0.2) is 6.10 Å². The molecule has 0 saturated heterocycles. The van der Waals surface area contributed by atoms with E-state index in [1.807, 2.05) is 12.1 Å². The molecule has 0 fully saturated rings. The van der Waals surface area contributed by atoms with E-state index >= 15 is 0 Å². The average molecular weight is 556 g/mol. The second kappa shape index (κ2) is 9.64. The Bertz CT molecular complexity index is 2180. The van der Waals surface area contributed by atoms with Gasteiger partial charge in [0.25, 0.3) is 0 Å². The Morgan fingerprint density at radius 1 is 0.581 bits per heavy atom. The van der Waals surface area contributed by atoms with Crippen molar-refractivity contribution in [2.45, 2.75) is 24.9 Å². The van der Waals surface area contributed by atoms with Crippen molar-refractivity contribution >= 4 is 49.8 Å². The van der Waals surface area contributed by atoms with Crippen molar-refractivity contribution in [3.63, 3.8) is 0 Å². The fourth-order valence-corrected chi connectivity index (χ4v) is 7.05. The molecule has 0 spiro atoms. The van der Waals surface area contributed by atoms with Crippen LogP contribution < -0.4 is 9.64 Å². The molecule has 3 heteroatoms. The van der Waals surface area contributed by atoms with Gasteiger partial charge in [-0.3, -0.25) is 0 Å². The molecule has 1 aliphatic heterocycles. The molecular weight excluding hydrogens is 526 g/mol. The van der Waals surface area contributed by atoms with Crippen LogP contribution in [0, 0.1) is 0 Å². The number of anilines is 3. The molecule has 43 heavy (non-hydrogen) atoms. The SMILES string of the molecule is C1=CC2Oc3ccc4ccc(N(c5ccc(-c6ccccc6)cc5)c5ccc6c(c5)oc5ccccc56)cc4c3C2CC1. The predicted octanol–water partition coefficient (Wildman–Crippen LogP) is 11.1. The molecule has 0 saturated carbocycles. The third-order valence-electron chi connectivity index (χ3n) is 9.12. The van der Waals surface area contributed by atoms with Gasteiger partial charge in [-0.15, -0.1) is 0 Å². The molecule has 2 unspecified atom stereocenters. The van der Waals surface area contributed by atoms with Gasteiger partial charge in [0.15, 0.2) is 0 Å². The lowest BCUT2D eigenvalue weighted by atomic mass is 9.84. The number of nitrogens with zero attached hydrogens (tertiary/aromatic N) is 1. The van der Waals surface area contributed by atoms with E-state index in [-0.39, 0.29) is 6.10 Å². The molecule has 206 valence electrons. The molecule has 0 amide bonds. The van der Waals surface area contributed by atoms with Gasteiger partial charge in [0.05, 0.1) is 0 Å². The Morgan fingerprint density at radius 2 is 1.30 bits per heavy atom. The number of allylic oxidation sites excluding steroid dienone is 1. The molecule has 9 rings (SSSR count). The summed E-state index contributed by atoms with van der Waals surface area (Å²) in [6.45, 7) is 0. The number of para-hydroxylation sites is 1. The minimum absolute atomic E-state index is 0.134. The minimum atomic E-state index is 0.134. The van der Waals surface area contributed by atoms with Crippen molar-refractivity contribution in [2.24, 2.45) is 0 Å². The Labute approximate surface area is 250 Å². The van der Waals surface area contributed by atoms with Gasteiger partial charge in [-0.2, -0.15) is 0 Å². The van der Waals surface area contributed by atoms with E-state index in [4.69, 9.17) is 9.15 Å². The van der Waals surface area contributed by atoms with Crippen LogP contribution in [0.3, 0.4) is 0 Å². The lowest BCUT2D eigenvalue weighted by molar-refractivity contribution is 0.244. The Morgan fingerprint density at radius 3 is 2.21 bits per heavy atom. The van der Waals surface area contributed by atoms with Crippen molar-refractivity contribution in [1.82, 2.24) is 0 Å². The summed E-state index contributed by atoms with van der Waals surface area (Å²) in [7, 11) is 0. The summed E-state index contributed by atoms with van der Waals surface area (Å²) in [4.78, 5) is 2.34. The zero-order valence-electron chi connectivity index (χ0n) is 23.6. The van der Waals surface area contributed by atoms with Gasteiger partial charge >= 0.3 is 0 Å². The fraction of sp³-hybridized carbons (Fsp3) is 0.100. The fourth-order valence-electron chi connectivity index (χ4n) is 7.05. The van der Waals surface area contributed by atoms with Gasteiger partial charge in [-0.05, 0) is 89.3 Å². The average Bonchev–Trinajstić information content (AvgIpc) is 3.64. The van der Waals surface area contributed by atoms with Gasteiger partial charge in [0, 0.05) is 45.4 Å². The van der Waals surface area contributed by atoms with Crippen molar-refractivity contribution in [2.75, 3.05) is 4.90 Å². The Hall–Kier alpha value is -5.28. The van der Waals surface area contributed by atoms with Crippen LogP contribution in [0.1, 0.15) is 24.3 Å². The summed E-state index contributed by atoms with van der Waals surface area (Å²) >= 11 is 0. The van der Waals surface area contributed by atoms with Crippen LogP contribution in [0.15, 0.2) is 144 Å². The highest BCUT2D eigenvalue weighted by molar-refractivity contribution is 6.06. The molecular formula is C40H29NO2. The van der Waals surface area contributed by atoms with Crippen LogP contribution in [0.2, 0.25) is 0 Å². The molecule has 0 radical (unpaired) electrons. The minimum Gasteiger partial charge on any atom is -0.485 e. The first-order valence-electron chi connectivity index (χ1n) is 15.1. The molecule has 1 aliphatic carbocycles. The van der Waals surface area contributed by atoms with Crippen LogP contribution in [0.5, 0.6) is 5.75 Å². The van der Waals surface area contributed by atoms with E-state index in [0.717, 1.165) is 57.6 Å². The third-order valence-corrected chi connectivity index (χ3v) is 9.12. The summed E-state index contributed by atoms with van der Waals surface area (Å²) < 4.78 is 12.7. The van der Waals surface area contributed by atoms with Crippen molar-refractivity contribution in [3.8, 4) is 16.9 Å². The van der Waals surface area contributed by atoms with Crippen LogP contribution in [-0.2, 0) is 0 Å². The number of furan rings is 1. The Kier molecular flexibility index (Phi) is 5.45. The molecule has 3 nitrogen and oxygen atoms in total. The molecule has 6 aromatic carbocycles. The van der Waals surface area contributed by atoms with Crippen molar-refractivity contribution < 1.29 is 9.15 Å². The summed E-state index contributed by atoms with van der Waals surface area (Å²) in [6.07, 6.45) is 6.85. The lowest BCUT2D eigenvalue weighted by Crippen LogP contribution is -2.18. The van der Waals surface area contributed by atoms with Crippen molar-refractivity contribution in [1.29, 1.82) is 0 Å². The quantitative estimate of drug-likeness (QED) is 0.202. The number of hydrogen-bond acceptors (Lipinski definition) is 3. The van der Waals surface area contributed by atoms with Crippen LogP contribution in [0.4, 0.5) is 17.1 Å². The van der Waals surface area contributed by atoms with Crippen molar-refractivity contribution in [3.05, 3.63) is 145 Å². The monoisotopic (exact) mass is 555 g/mol. The van der Waals surface area contributed by atoms with Crippen LogP contribution >= 0.6 is 0 Å². The molecule has 0 N–H and O–H groups in total. The number of ether oxygens (including phenoxy) is 1. The second-order valence-corrected chi connectivity index (χ2v) is 11.6.